The maximum Gasteiger partial charge on any atom is 0.243 e. The average Bonchev–Trinajstić information content (AvgIpc) is 2.83. The summed E-state index contributed by atoms with van der Waals surface area (Å²) in [5, 5.41) is 0.350. The fourth-order valence-corrected chi connectivity index (χ4v) is 4.81. The fraction of sp³-hybridized carbons (Fsp3) is 0.600. The Balaban J connectivity index is 2.37. The summed E-state index contributed by atoms with van der Waals surface area (Å²) in [6, 6.07) is 3.07. The lowest BCUT2D eigenvalue weighted by atomic mass is 9.80. The van der Waals surface area contributed by atoms with Crippen LogP contribution in [0.25, 0.3) is 0 Å². The summed E-state index contributed by atoms with van der Waals surface area (Å²) in [6.07, 6.45) is 0.887. The van der Waals surface area contributed by atoms with Gasteiger partial charge in [0.15, 0.2) is 0 Å². The number of rotatable bonds is 2. The quantitative estimate of drug-likeness (QED) is 0.846. The van der Waals surface area contributed by atoms with E-state index >= 15 is 0 Å². The van der Waals surface area contributed by atoms with Gasteiger partial charge in [0, 0.05) is 23.8 Å². The van der Waals surface area contributed by atoms with Crippen LogP contribution >= 0.6 is 11.6 Å². The zero-order valence-electron chi connectivity index (χ0n) is 13.0. The highest BCUT2D eigenvalue weighted by Crippen LogP contribution is 2.37. The lowest BCUT2D eigenvalue weighted by Crippen LogP contribution is -2.31. The van der Waals surface area contributed by atoms with E-state index in [4.69, 9.17) is 17.3 Å². The van der Waals surface area contributed by atoms with E-state index in [9.17, 15) is 8.42 Å². The number of sulfonamides is 1. The second-order valence-corrected chi connectivity index (χ2v) is 9.18. The lowest BCUT2D eigenvalue weighted by Gasteiger charge is -2.27. The molecule has 1 heterocycles. The third-order valence-electron chi connectivity index (χ3n) is 4.36. The zero-order valence-corrected chi connectivity index (χ0v) is 14.6. The third kappa shape index (κ3) is 3.20. The molecular weight excluding hydrogens is 308 g/mol. The van der Waals surface area contributed by atoms with Gasteiger partial charge in [-0.1, -0.05) is 32.4 Å². The van der Waals surface area contributed by atoms with Gasteiger partial charge >= 0.3 is 0 Å². The molecule has 1 aromatic carbocycles. The number of hydrogen-bond acceptors (Lipinski definition) is 3. The van der Waals surface area contributed by atoms with Crippen LogP contribution in [0, 0.1) is 18.3 Å². The molecule has 0 aliphatic carbocycles. The van der Waals surface area contributed by atoms with Gasteiger partial charge in [0.1, 0.15) is 0 Å². The molecular formula is C15H23ClN2O2S. The van der Waals surface area contributed by atoms with E-state index in [0.29, 0.717) is 35.3 Å². The molecule has 1 aromatic rings. The molecule has 6 heteroatoms. The van der Waals surface area contributed by atoms with Crippen LogP contribution in [0.2, 0.25) is 5.02 Å². The van der Waals surface area contributed by atoms with E-state index in [0.717, 1.165) is 6.42 Å². The molecule has 1 atom stereocenters. The van der Waals surface area contributed by atoms with Gasteiger partial charge in [-0.25, -0.2) is 8.42 Å². The highest BCUT2D eigenvalue weighted by molar-refractivity contribution is 7.89. The third-order valence-corrected chi connectivity index (χ3v) is 6.57. The molecule has 1 fully saturated rings. The highest BCUT2D eigenvalue weighted by atomic mass is 35.5. The smallest absolute Gasteiger partial charge is 0.243 e. The Kier molecular flexibility index (Phi) is 4.30. The molecule has 0 spiro atoms. The first-order chi connectivity index (χ1) is 9.53. The van der Waals surface area contributed by atoms with Crippen LogP contribution in [-0.4, -0.2) is 25.8 Å². The lowest BCUT2D eigenvalue weighted by molar-refractivity contribution is 0.252. The van der Waals surface area contributed by atoms with Gasteiger partial charge in [-0.05, 0) is 42.4 Å². The summed E-state index contributed by atoms with van der Waals surface area (Å²) in [4.78, 5) is 0.224. The molecule has 0 amide bonds. The van der Waals surface area contributed by atoms with Crippen LogP contribution in [0.4, 0.5) is 5.69 Å². The molecule has 1 aliphatic heterocycles. The maximum absolute atomic E-state index is 12.8. The summed E-state index contributed by atoms with van der Waals surface area (Å²) in [7, 11) is -3.54. The van der Waals surface area contributed by atoms with E-state index in [1.807, 2.05) is 0 Å². The molecule has 0 aromatic heterocycles. The number of halogens is 1. The van der Waals surface area contributed by atoms with E-state index in [-0.39, 0.29) is 10.3 Å². The van der Waals surface area contributed by atoms with Gasteiger partial charge in [0.05, 0.1) is 4.90 Å². The molecule has 1 saturated heterocycles. The molecule has 0 bridgehead atoms. The van der Waals surface area contributed by atoms with Crippen molar-refractivity contribution < 1.29 is 8.42 Å². The molecule has 21 heavy (non-hydrogen) atoms. The Bertz CT molecular complexity index is 650. The molecule has 4 nitrogen and oxygen atoms in total. The number of benzene rings is 1. The summed E-state index contributed by atoms with van der Waals surface area (Å²) < 4.78 is 27.2. The standard InChI is InChI=1S/C15H23ClN2O2S/c1-10-13(17)7-12(16)8-14(10)21(19,20)18-6-5-11(9-18)15(2,3)4/h7-8,11H,5-6,9,17H2,1-4H3. The first kappa shape index (κ1) is 16.6. The zero-order chi connectivity index (χ0) is 16.0. The van der Waals surface area contributed by atoms with Gasteiger partial charge in [0.2, 0.25) is 10.0 Å². The van der Waals surface area contributed by atoms with Crippen molar-refractivity contribution in [3.05, 3.63) is 22.7 Å². The van der Waals surface area contributed by atoms with Crippen molar-refractivity contribution in [2.24, 2.45) is 11.3 Å². The van der Waals surface area contributed by atoms with E-state index < -0.39 is 10.0 Å². The van der Waals surface area contributed by atoms with Crippen LogP contribution < -0.4 is 5.73 Å². The van der Waals surface area contributed by atoms with Crippen molar-refractivity contribution in [2.75, 3.05) is 18.8 Å². The average molecular weight is 331 g/mol. The Hall–Kier alpha value is -0.780. The minimum absolute atomic E-state index is 0.104. The van der Waals surface area contributed by atoms with Crippen LogP contribution in [0.3, 0.4) is 0 Å². The maximum atomic E-state index is 12.8. The predicted octanol–water partition coefficient (Wildman–Crippen LogP) is 3.29. The van der Waals surface area contributed by atoms with Crippen molar-refractivity contribution >= 4 is 27.3 Å². The number of nitrogens with two attached hydrogens (primary N) is 1. The van der Waals surface area contributed by atoms with Gasteiger partial charge in [-0.15, -0.1) is 0 Å². The summed E-state index contributed by atoms with van der Waals surface area (Å²) >= 11 is 5.97. The molecule has 0 radical (unpaired) electrons. The normalized spacial score (nSPS) is 20.9. The molecule has 118 valence electrons. The van der Waals surface area contributed by atoms with Crippen molar-refractivity contribution in [2.45, 2.75) is 39.0 Å². The summed E-state index contributed by atoms with van der Waals surface area (Å²) in [5.41, 5.74) is 6.93. The Morgan fingerprint density at radius 1 is 1.33 bits per heavy atom. The van der Waals surface area contributed by atoms with Crippen LogP contribution in [0.5, 0.6) is 0 Å². The number of hydrogen-bond donors (Lipinski definition) is 1. The van der Waals surface area contributed by atoms with E-state index in [1.54, 1.807) is 17.3 Å². The molecule has 1 unspecified atom stereocenters. The van der Waals surface area contributed by atoms with Gasteiger partial charge in [0.25, 0.3) is 0 Å². The topological polar surface area (TPSA) is 63.4 Å². The number of nitrogen functional groups attached to an aromatic ring is 1. The fourth-order valence-electron chi connectivity index (χ4n) is 2.73. The van der Waals surface area contributed by atoms with Crippen LogP contribution in [-0.2, 0) is 10.0 Å². The Morgan fingerprint density at radius 3 is 2.48 bits per heavy atom. The van der Waals surface area contributed by atoms with E-state index in [1.165, 1.54) is 6.07 Å². The molecule has 0 saturated carbocycles. The van der Waals surface area contributed by atoms with Crippen LogP contribution in [0.15, 0.2) is 17.0 Å². The first-order valence-corrected chi connectivity index (χ1v) is 8.91. The van der Waals surface area contributed by atoms with Gasteiger partial charge in [-0.2, -0.15) is 4.31 Å². The summed E-state index contributed by atoms with van der Waals surface area (Å²) in [5.74, 6) is 0.365. The second kappa shape index (κ2) is 5.45. The van der Waals surface area contributed by atoms with Crippen molar-refractivity contribution in [1.82, 2.24) is 4.31 Å². The molecule has 2 rings (SSSR count). The molecule has 2 N–H and O–H groups in total. The predicted molar refractivity (Wildman–Crippen MR) is 86.9 cm³/mol. The van der Waals surface area contributed by atoms with Gasteiger partial charge in [-0.3, -0.25) is 0 Å². The van der Waals surface area contributed by atoms with Gasteiger partial charge < -0.3 is 5.73 Å². The van der Waals surface area contributed by atoms with E-state index in [2.05, 4.69) is 20.8 Å². The number of anilines is 1. The Morgan fingerprint density at radius 2 is 1.95 bits per heavy atom. The monoisotopic (exact) mass is 330 g/mol. The SMILES string of the molecule is Cc1c(N)cc(Cl)cc1S(=O)(=O)N1CCC(C(C)(C)C)C1. The van der Waals surface area contributed by atoms with Crippen molar-refractivity contribution in [1.29, 1.82) is 0 Å². The van der Waals surface area contributed by atoms with Crippen molar-refractivity contribution in [3.63, 3.8) is 0 Å². The number of nitrogens with zero attached hydrogens (tertiary/aromatic N) is 1. The Labute approximate surface area is 132 Å². The minimum atomic E-state index is -3.54. The largest absolute Gasteiger partial charge is 0.398 e. The summed E-state index contributed by atoms with van der Waals surface area (Å²) in [6.45, 7) is 9.27. The second-order valence-electron chi connectivity index (χ2n) is 6.83. The highest BCUT2D eigenvalue weighted by Gasteiger charge is 2.38. The molecule has 1 aliphatic rings. The minimum Gasteiger partial charge on any atom is -0.398 e. The first-order valence-electron chi connectivity index (χ1n) is 7.09. The van der Waals surface area contributed by atoms with Crippen LogP contribution in [0.1, 0.15) is 32.8 Å². The van der Waals surface area contributed by atoms with Crippen molar-refractivity contribution in [3.8, 4) is 0 Å².